The average molecular weight is 432 g/mol. The molecule has 0 saturated carbocycles. The molecule has 0 heterocycles. The van der Waals surface area contributed by atoms with E-state index >= 15 is 0 Å². The Hall–Kier alpha value is -2.94. The van der Waals surface area contributed by atoms with Crippen molar-refractivity contribution in [2.45, 2.75) is 12.8 Å². The fourth-order valence-corrected chi connectivity index (χ4v) is 2.25. The summed E-state index contributed by atoms with van der Waals surface area (Å²) in [5.41, 5.74) is 0.911. The van der Waals surface area contributed by atoms with E-state index in [2.05, 4.69) is 0 Å². The van der Waals surface area contributed by atoms with E-state index in [4.69, 9.17) is 25.8 Å². The third kappa shape index (κ3) is 7.53. The molecule has 2 aromatic carbocycles. The lowest BCUT2D eigenvalue weighted by Gasteiger charge is -2.12. The first kappa shape index (κ1) is 22.4. The van der Waals surface area contributed by atoms with Crippen molar-refractivity contribution < 1.29 is 37.0 Å². The summed E-state index contributed by atoms with van der Waals surface area (Å²) in [6.45, 7) is -2.11. The molecule has 29 heavy (non-hydrogen) atoms. The molecular formula is C19H17ClF3NO5. The summed E-state index contributed by atoms with van der Waals surface area (Å²) in [6, 6.07) is 11.2. The molecule has 156 valence electrons. The van der Waals surface area contributed by atoms with Crippen molar-refractivity contribution in [1.82, 2.24) is 5.32 Å². The number of nitrogens with one attached hydrogen (secondary N) is 1. The molecule has 0 aliphatic carbocycles. The molecule has 0 aliphatic heterocycles. The molecule has 0 unspecified atom stereocenters. The molecular weight excluding hydrogens is 415 g/mol. The van der Waals surface area contributed by atoms with Crippen LogP contribution in [0.1, 0.15) is 15.9 Å². The fraction of sp³-hybridized carbons (Fsp3) is 0.263. The van der Waals surface area contributed by atoms with Crippen molar-refractivity contribution in [3.8, 4) is 11.5 Å². The van der Waals surface area contributed by atoms with Gasteiger partial charge in [-0.05, 0) is 35.9 Å². The van der Waals surface area contributed by atoms with Gasteiger partial charge >= 0.3 is 12.1 Å². The van der Waals surface area contributed by atoms with Crippen LogP contribution in [0.3, 0.4) is 0 Å². The monoisotopic (exact) mass is 431 g/mol. The van der Waals surface area contributed by atoms with Gasteiger partial charge in [-0.15, -0.1) is 0 Å². The molecule has 0 fully saturated rings. The standard InChI is InChI=1S/C19H17ClF3NO5/c1-27-16-8-13(18(26)29-10-17(25)24-11-19(21,22)23)4-7-15(16)28-9-12-2-5-14(20)6-3-12/h2-8H,9-11H2,1H3,(H,24,25). The molecule has 2 aromatic rings. The Kier molecular flexibility index (Phi) is 7.72. The number of methoxy groups -OCH3 is 1. The average Bonchev–Trinajstić information content (AvgIpc) is 2.69. The lowest BCUT2D eigenvalue weighted by atomic mass is 10.2. The van der Waals surface area contributed by atoms with Gasteiger partial charge in [0.25, 0.3) is 5.91 Å². The van der Waals surface area contributed by atoms with E-state index in [9.17, 15) is 22.8 Å². The third-order valence-corrected chi connectivity index (χ3v) is 3.78. The maximum absolute atomic E-state index is 12.0. The Labute approximate surface area is 169 Å². The maximum atomic E-state index is 12.0. The van der Waals surface area contributed by atoms with E-state index in [1.165, 1.54) is 25.3 Å². The number of esters is 1. The van der Waals surface area contributed by atoms with Gasteiger partial charge in [0.2, 0.25) is 0 Å². The van der Waals surface area contributed by atoms with E-state index in [0.717, 1.165) is 5.56 Å². The van der Waals surface area contributed by atoms with Crippen molar-refractivity contribution in [2.75, 3.05) is 20.3 Å². The second-order valence-electron chi connectivity index (χ2n) is 5.75. The molecule has 0 saturated heterocycles. The third-order valence-electron chi connectivity index (χ3n) is 3.53. The Morgan fingerprint density at radius 2 is 1.76 bits per heavy atom. The van der Waals surface area contributed by atoms with Crippen LogP contribution in [-0.4, -0.2) is 38.3 Å². The molecule has 1 amide bonds. The van der Waals surface area contributed by atoms with Crippen molar-refractivity contribution in [2.24, 2.45) is 0 Å². The van der Waals surface area contributed by atoms with E-state index in [1.807, 2.05) is 0 Å². The second-order valence-corrected chi connectivity index (χ2v) is 6.19. The van der Waals surface area contributed by atoms with E-state index in [-0.39, 0.29) is 17.9 Å². The number of alkyl halides is 3. The Balaban J connectivity index is 1.93. The van der Waals surface area contributed by atoms with Crippen LogP contribution in [0.4, 0.5) is 13.2 Å². The number of carbonyl (C=O) groups excluding carboxylic acids is 2. The number of ether oxygens (including phenoxy) is 3. The molecule has 0 aliphatic rings. The summed E-state index contributed by atoms with van der Waals surface area (Å²) >= 11 is 5.83. The molecule has 1 N–H and O–H groups in total. The van der Waals surface area contributed by atoms with Crippen LogP contribution in [0.5, 0.6) is 11.5 Å². The van der Waals surface area contributed by atoms with Crippen molar-refractivity contribution >= 4 is 23.5 Å². The van der Waals surface area contributed by atoms with Crippen molar-refractivity contribution in [3.05, 3.63) is 58.6 Å². The van der Waals surface area contributed by atoms with Gasteiger partial charge in [-0.3, -0.25) is 4.79 Å². The van der Waals surface area contributed by atoms with E-state index in [1.54, 1.807) is 29.6 Å². The molecule has 6 nitrogen and oxygen atoms in total. The highest BCUT2D eigenvalue weighted by Gasteiger charge is 2.27. The van der Waals surface area contributed by atoms with Crippen LogP contribution >= 0.6 is 11.6 Å². The fourth-order valence-electron chi connectivity index (χ4n) is 2.12. The molecule has 0 atom stereocenters. The summed E-state index contributed by atoms with van der Waals surface area (Å²) in [5.74, 6) is -1.35. The summed E-state index contributed by atoms with van der Waals surface area (Å²) in [6.07, 6.45) is -4.55. The summed E-state index contributed by atoms with van der Waals surface area (Å²) in [4.78, 5) is 23.3. The van der Waals surface area contributed by atoms with Crippen LogP contribution in [0.2, 0.25) is 5.02 Å². The first-order valence-electron chi connectivity index (χ1n) is 8.24. The van der Waals surface area contributed by atoms with Crippen LogP contribution in [-0.2, 0) is 16.1 Å². The number of hydrogen-bond acceptors (Lipinski definition) is 5. The molecule has 10 heteroatoms. The van der Waals surface area contributed by atoms with Gasteiger partial charge < -0.3 is 19.5 Å². The predicted octanol–water partition coefficient (Wildman–Crippen LogP) is 3.76. The Morgan fingerprint density at radius 1 is 1.07 bits per heavy atom. The highest BCUT2D eigenvalue weighted by atomic mass is 35.5. The molecule has 0 bridgehead atoms. The normalized spacial score (nSPS) is 10.9. The molecule has 0 aromatic heterocycles. The number of amides is 1. The van der Waals surface area contributed by atoms with Gasteiger partial charge in [-0.1, -0.05) is 23.7 Å². The van der Waals surface area contributed by atoms with Crippen molar-refractivity contribution in [3.63, 3.8) is 0 Å². The van der Waals surface area contributed by atoms with Crippen LogP contribution in [0, 0.1) is 0 Å². The lowest BCUT2D eigenvalue weighted by Crippen LogP contribution is -2.36. The molecule has 2 rings (SSSR count). The van der Waals surface area contributed by atoms with Crippen LogP contribution < -0.4 is 14.8 Å². The number of rotatable bonds is 8. The minimum Gasteiger partial charge on any atom is -0.493 e. The predicted molar refractivity (Wildman–Crippen MR) is 98.1 cm³/mol. The Bertz CT molecular complexity index is 856. The zero-order valence-electron chi connectivity index (χ0n) is 15.2. The maximum Gasteiger partial charge on any atom is 0.405 e. The Morgan fingerprint density at radius 3 is 2.38 bits per heavy atom. The number of carbonyl (C=O) groups is 2. The van der Waals surface area contributed by atoms with Crippen LogP contribution in [0.25, 0.3) is 0 Å². The van der Waals surface area contributed by atoms with Crippen molar-refractivity contribution in [1.29, 1.82) is 0 Å². The number of benzene rings is 2. The van der Waals surface area contributed by atoms with Gasteiger partial charge in [0.1, 0.15) is 13.2 Å². The summed E-state index contributed by atoms with van der Waals surface area (Å²) < 4.78 is 51.7. The minimum absolute atomic E-state index is 0.0457. The molecule has 0 spiro atoms. The van der Waals surface area contributed by atoms with E-state index in [0.29, 0.717) is 10.8 Å². The second kappa shape index (κ2) is 10.0. The largest absolute Gasteiger partial charge is 0.493 e. The lowest BCUT2D eigenvalue weighted by molar-refractivity contribution is -0.140. The zero-order valence-corrected chi connectivity index (χ0v) is 16.0. The first-order valence-corrected chi connectivity index (χ1v) is 8.61. The summed E-state index contributed by atoms with van der Waals surface area (Å²) in [7, 11) is 1.38. The van der Waals surface area contributed by atoms with Gasteiger partial charge in [0, 0.05) is 5.02 Å². The number of hydrogen-bond donors (Lipinski definition) is 1. The van der Waals surface area contributed by atoms with E-state index < -0.39 is 31.2 Å². The van der Waals surface area contributed by atoms with Gasteiger partial charge in [0.05, 0.1) is 12.7 Å². The van der Waals surface area contributed by atoms with Gasteiger partial charge in [-0.25, -0.2) is 4.79 Å². The number of halogens is 4. The minimum atomic E-state index is -4.55. The topological polar surface area (TPSA) is 73.9 Å². The SMILES string of the molecule is COc1cc(C(=O)OCC(=O)NCC(F)(F)F)ccc1OCc1ccc(Cl)cc1. The first-order chi connectivity index (χ1) is 13.7. The van der Waals surface area contributed by atoms with Gasteiger partial charge in [0.15, 0.2) is 18.1 Å². The highest BCUT2D eigenvalue weighted by molar-refractivity contribution is 6.30. The summed E-state index contributed by atoms with van der Waals surface area (Å²) in [5, 5.41) is 2.20. The highest BCUT2D eigenvalue weighted by Crippen LogP contribution is 2.29. The molecule has 0 radical (unpaired) electrons. The quantitative estimate of drug-likeness (QED) is 0.644. The zero-order chi connectivity index (χ0) is 21.4. The van der Waals surface area contributed by atoms with Crippen LogP contribution in [0.15, 0.2) is 42.5 Å². The van der Waals surface area contributed by atoms with Gasteiger partial charge in [-0.2, -0.15) is 13.2 Å². The smallest absolute Gasteiger partial charge is 0.405 e.